The van der Waals surface area contributed by atoms with Gasteiger partial charge in [-0.2, -0.15) is 0 Å². The largest absolute Gasteiger partial charge is 0.469 e. The molecule has 0 aliphatic heterocycles. The van der Waals surface area contributed by atoms with Gasteiger partial charge in [-0.1, -0.05) is 26.7 Å². The maximum atomic E-state index is 12.3. The van der Waals surface area contributed by atoms with Crippen molar-refractivity contribution < 1.29 is 29.0 Å². The lowest BCUT2D eigenvalue weighted by Crippen LogP contribution is -2.54. The summed E-state index contributed by atoms with van der Waals surface area (Å²) in [4.78, 5) is 36.4. The van der Waals surface area contributed by atoms with E-state index in [1.807, 2.05) is 13.8 Å². The van der Waals surface area contributed by atoms with Crippen molar-refractivity contribution in [1.29, 1.82) is 0 Å². The second kappa shape index (κ2) is 10.1. The van der Waals surface area contributed by atoms with E-state index in [0.717, 1.165) is 12.8 Å². The first-order chi connectivity index (χ1) is 12.9. The number of carbonyl (C=O) groups is 3. The second-order valence-corrected chi connectivity index (χ2v) is 8.49. The van der Waals surface area contributed by atoms with Gasteiger partial charge in [0.05, 0.1) is 19.1 Å². The molecular weight excluding hydrogens is 364 g/mol. The lowest BCUT2D eigenvalue weighted by atomic mass is 9.80. The van der Waals surface area contributed by atoms with Gasteiger partial charge in [0.2, 0.25) is 5.91 Å². The molecule has 0 aromatic heterocycles. The maximum absolute atomic E-state index is 12.3. The molecule has 1 rings (SSSR count). The predicted octanol–water partition coefficient (Wildman–Crippen LogP) is 1.99. The number of hydrogen-bond acceptors (Lipinski definition) is 6. The summed E-state index contributed by atoms with van der Waals surface area (Å²) in [5.41, 5.74) is -0.676. The summed E-state index contributed by atoms with van der Waals surface area (Å²) in [6.45, 7) is 10.7. The summed E-state index contributed by atoms with van der Waals surface area (Å²) >= 11 is 0. The van der Waals surface area contributed by atoms with Crippen LogP contribution in [0, 0.1) is 17.8 Å². The molecule has 1 saturated carbocycles. The predicted molar refractivity (Wildman–Crippen MR) is 104 cm³/mol. The van der Waals surface area contributed by atoms with Crippen molar-refractivity contribution in [2.24, 2.45) is 17.8 Å². The van der Waals surface area contributed by atoms with E-state index in [4.69, 9.17) is 9.47 Å². The molecule has 3 N–H and O–H groups in total. The number of methoxy groups -OCH3 is 1. The van der Waals surface area contributed by atoms with E-state index in [1.165, 1.54) is 14.0 Å². The summed E-state index contributed by atoms with van der Waals surface area (Å²) in [5, 5.41) is 16.7. The lowest BCUT2D eigenvalue weighted by molar-refractivity contribution is -0.149. The average Bonchev–Trinajstić information content (AvgIpc) is 2.88. The Hall–Kier alpha value is -1.83. The van der Waals surface area contributed by atoms with Gasteiger partial charge in [0.15, 0.2) is 0 Å². The van der Waals surface area contributed by atoms with Crippen LogP contribution in [0.15, 0.2) is 0 Å². The van der Waals surface area contributed by atoms with Gasteiger partial charge >= 0.3 is 12.1 Å². The Morgan fingerprint density at radius 2 is 1.75 bits per heavy atom. The molecule has 162 valence electrons. The highest BCUT2D eigenvalue weighted by molar-refractivity contribution is 5.75. The SMILES string of the molecule is CCC(CC)[C@H](NC(C)=O)[C@@H]1[C@H](O)[C@H](C(=O)OC)C[C@H]1NC(=O)OC(C)(C)C. The third-order valence-electron chi connectivity index (χ3n) is 5.33. The Balaban J connectivity index is 3.21. The molecule has 0 heterocycles. The van der Waals surface area contributed by atoms with Crippen LogP contribution in [-0.4, -0.2) is 54.0 Å². The van der Waals surface area contributed by atoms with E-state index in [1.54, 1.807) is 20.8 Å². The highest BCUT2D eigenvalue weighted by Crippen LogP contribution is 2.38. The Labute approximate surface area is 167 Å². The molecule has 0 saturated heterocycles. The number of aliphatic hydroxyl groups is 1. The molecule has 0 unspecified atom stereocenters. The fourth-order valence-electron chi connectivity index (χ4n) is 4.10. The van der Waals surface area contributed by atoms with Gasteiger partial charge in [-0.15, -0.1) is 0 Å². The molecule has 1 aliphatic rings. The molecule has 0 aromatic rings. The highest BCUT2D eigenvalue weighted by atomic mass is 16.6. The van der Waals surface area contributed by atoms with E-state index in [2.05, 4.69) is 10.6 Å². The minimum atomic E-state index is -1.05. The number of ether oxygens (including phenoxy) is 2. The van der Waals surface area contributed by atoms with Gasteiger partial charge in [0.1, 0.15) is 5.60 Å². The fraction of sp³-hybridized carbons (Fsp3) is 0.850. The Kier molecular flexibility index (Phi) is 8.73. The van der Waals surface area contributed by atoms with Crippen molar-refractivity contribution in [3.63, 3.8) is 0 Å². The molecule has 0 bridgehead atoms. The molecular formula is C20H36N2O6. The first kappa shape index (κ1) is 24.2. The first-order valence-electron chi connectivity index (χ1n) is 9.97. The summed E-state index contributed by atoms with van der Waals surface area (Å²) in [6.07, 6.45) is 0.115. The monoisotopic (exact) mass is 400 g/mol. The van der Waals surface area contributed by atoms with E-state index in [9.17, 15) is 19.5 Å². The molecule has 0 aromatic carbocycles. The van der Waals surface area contributed by atoms with E-state index < -0.39 is 47.7 Å². The number of hydrogen-bond donors (Lipinski definition) is 3. The van der Waals surface area contributed by atoms with Gasteiger partial charge in [-0.05, 0) is 33.1 Å². The summed E-state index contributed by atoms with van der Waals surface area (Å²) in [5.74, 6) is -1.98. The van der Waals surface area contributed by atoms with Gasteiger partial charge in [-0.3, -0.25) is 9.59 Å². The minimum Gasteiger partial charge on any atom is -0.469 e. The van der Waals surface area contributed by atoms with Crippen LogP contribution in [0.2, 0.25) is 0 Å². The normalized spacial score (nSPS) is 25.9. The van der Waals surface area contributed by atoms with E-state index in [0.29, 0.717) is 0 Å². The van der Waals surface area contributed by atoms with Crippen LogP contribution >= 0.6 is 0 Å². The molecule has 8 heteroatoms. The third-order valence-corrected chi connectivity index (χ3v) is 5.33. The Morgan fingerprint density at radius 3 is 2.18 bits per heavy atom. The topological polar surface area (TPSA) is 114 Å². The average molecular weight is 401 g/mol. The van der Waals surface area contributed by atoms with Gasteiger partial charge in [-0.25, -0.2) is 4.79 Å². The van der Waals surface area contributed by atoms with Crippen LogP contribution in [0.4, 0.5) is 4.79 Å². The second-order valence-electron chi connectivity index (χ2n) is 8.49. The maximum Gasteiger partial charge on any atom is 0.407 e. The molecule has 1 fully saturated rings. The molecule has 0 radical (unpaired) electrons. The zero-order valence-corrected chi connectivity index (χ0v) is 18.1. The Morgan fingerprint density at radius 1 is 1.18 bits per heavy atom. The van der Waals surface area contributed by atoms with Crippen molar-refractivity contribution in [3.05, 3.63) is 0 Å². The van der Waals surface area contributed by atoms with Crippen LogP contribution in [-0.2, 0) is 19.1 Å². The van der Waals surface area contributed by atoms with Gasteiger partial charge in [0.25, 0.3) is 0 Å². The van der Waals surface area contributed by atoms with E-state index >= 15 is 0 Å². The van der Waals surface area contributed by atoms with Crippen molar-refractivity contribution in [2.45, 2.75) is 84.6 Å². The molecule has 5 atom stereocenters. The lowest BCUT2D eigenvalue weighted by Gasteiger charge is -2.36. The van der Waals surface area contributed by atoms with Crippen LogP contribution < -0.4 is 10.6 Å². The number of esters is 1. The first-order valence-corrected chi connectivity index (χ1v) is 9.97. The molecule has 1 aliphatic carbocycles. The molecule has 0 spiro atoms. The number of rotatable bonds is 7. The van der Waals surface area contributed by atoms with Crippen molar-refractivity contribution in [3.8, 4) is 0 Å². The Bertz CT molecular complexity index is 555. The number of nitrogens with one attached hydrogen (secondary N) is 2. The number of aliphatic hydroxyl groups excluding tert-OH is 1. The number of carbonyl (C=O) groups excluding carboxylic acids is 3. The zero-order valence-electron chi connectivity index (χ0n) is 18.1. The fourth-order valence-corrected chi connectivity index (χ4v) is 4.10. The standard InChI is InChI=1S/C20H36N2O6/c1-8-12(9-2)16(21-11(3)23)15-14(22-19(26)28-20(4,5)6)10-13(17(15)24)18(25)27-7/h12-17,24H,8-10H2,1-7H3,(H,21,23)(H,22,26)/t13-,14-,15-,16+,17-/m1/s1. The van der Waals surface area contributed by atoms with Crippen LogP contribution in [0.5, 0.6) is 0 Å². The third kappa shape index (κ3) is 6.36. The van der Waals surface area contributed by atoms with Crippen molar-refractivity contribution in [1.82, 2.24) is 10.6 Å². The molecule has 28 heavy (non-hydrogen) atoms. The van der Waals surface area contributed by atoms with Crippen molar-refractivity contribution in [2.75, 3.05) is 7.11 Å². The highest BCUT2D eigenvalue weighted by Gasteiger charge is 2.51. The molecule has 2 amide bonds. The van der Waals surface area contributed by atoms with Crippen LogP contribution in [0.3, 0.4) is 0 Å². The van der Waals surface area contributed by atoms with Crippen molar-refractivity contribution >= 4 is 18.0 Å². The zero-order chi connectivity index (χ0) is 21.6. The van der Waals surface area contributed by atoms with Crippen LogP contribution in [0.25, 0.3) is 0 Å². The number of alkyl carbamates (subject to hydrolysis) is 1. The minimum absolute atomic E-state index is 0.0860. The molecule has 8 nitrogen and oxygen atoms in total. The quantitative estimate of drug-likeness (QED) is 0.563. The van der Waals surface area contributed by atoms with Gasteiger partial charge < -0.3 is 25.2 Å². The van der Waals surface area contributed by atoms with E-state index in [-0.39, 0.29) is 18.2 Å². The van der Waals surface area contributed by atoms with Gasteiger partial charge in [0, 0.05) is 24.9 Å². The summed E-state index contributed by atoms with van der Waals surface area (Å²) in [7, 11) is 1.27. The van der Waals surface area contributed by atoms with Crippen LogP contribution in [0.1, 0.15) is 60.8 Å². The number of amides is 2. The smallest absolute Gasteiger partial charge is 0.407 e. The summed E-state index contributed by atoms with van der Waals surface area (Å²) in [6, 6.07) is -0.927. The summed E-state index contributed by atoms with van der Waals surface area (Å²) < 4.78 is 10.2.